The number of ether oxygens (including phenoxy) is 1. The van der Waals surface area contributed by atoms with Gasteiger partial charge in [-0.05, 0) is 28.8 Å². The van der Waals surface area contributed by atoms with Crippen LogP contribution in [-0.2, 0) is 14.8 Å². The summed E-state index contributed by atoms with van der Waals surface area (Å²) in [5.41, 5.74) is 2.62. The fraction of sp³-hybridized carbons (Fsp3) is 0.111. The van der Waals surface area contributed by atoms with E-state index in [1.807, 2.05) is 97.1 Å². The lowest BCUT2D eigenvalue weighted by molar-refractivity contribution is 0.0191. The molecule has 0 amide bonds. The van der Waals surface area contributed by atoms with Gasteiger partial charge in [0.1, 0.15) is 6.10 Å². The van der Waals surface area contributed by atoms with Crippen molar-refractivity contribution in [1.29, 1.82) is 0 Å². The van der Waals surface area contributed by atoms with Gasteiger partial charge >= 0.3 is 0 Å². The lowest BCUT2D eigenvalue weighted by Crippen LogP contribution is -2.34. The molecule has 1 aliphatic heterocycles. The average molecular weight is 442 g/mol. The summed E-state index contributed by atoms with van der Waals surface area (Å²) in [6.45, 7) is 0. The van der Waals surface area contributed by atoms with Crippen LogP contribution in [0.2, 0.25) is 0 Å². The molecule has 1 saturated heterocycles. The van der Waals surface area contributed by atoms with E-state index in [2.05, 4.69) is 0 Å². The highest BCUT2D eigenvalue weighted by atomic mass is 32.2. The van der Waals surface area contributed by atoms with Crippen LogP contribution in [0, 0.1) is 0 Å². The topological polar surface area (TPSA) is 46.6 Å². The summed E-state index contributed by atoms with van der Waals surface area (Å²) in [6.07, 6.45) is -1.21. The predicted molar refractivity (Wildman–Crippen MR) is 124 cm³/mol. The Balaban J connectivity index is 1.73. The van der Waals surface area contributed by atoms with Gasteiger partial charge in [-0.25, -0.2) is 8.42 Å². The second kappa shape index (κ2) is 8.71. The van der Waals surface area contributed by atoms with Crippen LogP contribution < -0.4 is 0 Å². The maximum Gasteiger partial charge on any atom is 0.246 e. The van der Waals surface area contributed by atoms with Crippen LogP contribution >= 0.6 is 0 Å². The zero-order valence-corrected chi connectivity index (χ0v) is 18.2. The largest absolute Gasteiger partial charge is 0.348 e. The molecule has 0 spiro atoms. The number of hydrogen-bond acceptors (Lipinski definition) is 3. The zero-order chi connectivity index (χ0) is 22.0. The lowest BCUT2D eigenvalue weighted by Gasteiger charge is -2.29. The first-order valence-corrected chi connectivity index (χ1v) is 12.0. The van der Waals surface area contributed by atoms with E-state index in [1.54, 1.807) is 24.3 Å². The van der Waals surface area contributed by atoms with Crippen LogP contribution in [-0.4, -0.2) is 12.7 Å². The molecule has 0 aliphatic carbocycles. The van der Waals surface area contributed by atoms with E-state index >= 15 is 0 Å². The molecular formula is C27H23NO3S. The molecule has 0 unspecified atom stereocenters. The first-order valence-electron chi connectivity index (χ1n) is 10.5. The minimum Gasteiger partial charge on any atom is -0.348 e. The van der Waals surface area contributed by atoms with Gasteiger partial charge in [0.2, 0.25) is 10.0 Å². The van der Waals surface area contributed by atoms with Gasteiger partial charge in [-0.1, -0.05) is 109 Å². The summed E-state index contributed by atoms with van der Waals surface area (Å²) in [4.78, 5) is 0.249. The molecule has 0 N–H and O–H groups in total. The second-order valence-electron chi connectivity index (χ2n) is 7.73. The number of hydrogen-bond donors (Lipinski definition) is 0. The van der Waals surface area contributed by atoms with Crippen LogP contribution in [0.1, 0.15) is 35.1 Å². The summed E-state index contributed by atoms with van der Waals surface area (Å²) in [6, 6.07) is 37.1. The highest BCUT2D eigenvalue weighted by Crippen LogP contribution is 2.52. The Hall–Kier alpha value is -3.25. The molecule has 1 fully saturated rings. The molecule has 32 heavy (non-hydrogen) atoms. The Morgan fingerprint density at radius 2 is 1.00 bits per heavy atom. The summed E-state index contributed by atoms with van der Waals surface area (Å²) in [5.74, 6) is 0. The molecule has 0 radical (unpaired) electrons. The van der Waals surface area contributed by atoms with Crippen molar-refractivity contribution < 1.29 is 13.2 Å². The third kappa shape index (κ3) is 3.75. The smallest absolute Gasteiger partial charge is 0.246 e. The van der Waals surface area contributed by atoms with Crippen LogP contribution in [0.25, 0.3) is 0 Å². The van der Waals surface area contributed by atoms with Crippen molar-refractivity contribution >= 4 is 10.0 Å². The van der Waals surface area contributed by atoms with E-state index in [4.69, 9.17) is 4.74 Å². The summed E-state index contributed by atoms with van der Waals surface area (Å²) in [7, 11) is -3.87. The fourth-order valence-electron chi connectivity index (χ4n) is 4.26. The molecule has 5 rings (SSSR count). The molecule has 0 aromatic heterocycles. The summed E-state index contributed by atoms with van der Waals surface area (Å²) >= 11 is 0. The van der Waals surface area contributed by atoms with Crippen molar-refractivity contribution in [2.45, 2.75) is 23.3 Å². The zero-order valence-electron chi connectivity index (χ0n) is 17.4. The first kappa shape index (κ1) is 20.6. The normalized spacial score (nSPS) is 21.4. The van der Waals surface area contributed by atoms with Crippen LogP contribution in [0.3, 0.4) is 0 Å². The van der Waals surface area contributed by atoms with Gasteiger partial charge in [0.15, 0.2) is 6.23 Å². The lowest BCUT2D eigenvalue weighted by atomic mass is 9.96. The maximum atomic E-state index is 14.0. The van der Waals surface area contributed by atoms with E-state index in [1.165, 1.54) is 4.31 Å². The number of nitrogens with zero attached hydrogens (tertiary/aromatic N) is 1. The Labute approximate surface area is 188 Å². The first-order chi connectivity index (χ1) is 15.7. The van der Waals surface area contributed by atoms with Crippen LogP contribution in [0.5, 0.6) is 0 Å². The van der Waals surface area contributed by atoms with Gasteiger partial charge in [-0.15, -0.1) is 0 Å². The number of benzene rings is 4. The van der Waals surface area contributed by atoms with Crippen LogP contribution in [0.15, 0.2) is 126 Å². The Bertz CT molecular complexity index is 1260. The highest BCUT2D eigenvalue weighted by molar-refractivity contribution is 7.89. The summed E-state index contributed by atoms with van der Waals surface area (Å²) < 4.78 is 36.1. The van der Waals surface area contributed by atoms with Gasteiger partial charge < -0.3 is 4.74 Å². The molecule has 3 atom stereocenters. The minimum atomic E-state index is -3.87. The predicted octanol–water partition coefficient (Wildman–Crippen LogP) is 5.89. The average Bonchev–Trinajstić information content (AvgIpc) is 3.28. The van der Waals surface area contributed by atoms with Crippen molar-refractivity contribution in [1.82, 2.24) is 4.31 Å². The molecule has 4 aromatic rings. The van der Waals surface area contributed by atoms with Gasteiger partial charge in [-0.2, -0.15) is 4.31 Å². The Morgan fingerprint density at radius 3 is 1.53 bits per heavy atom. The number of rotatable bonds is 5. The Kier molecular flexibility index (Phi) is 5.62. The van der Waals surface area contributed by atoms with E-state index < -0.39 is 28.4 Å². The standard InChI is InChI=1S/C27H23NO3S/c29-32(30,24-19-11-4-12-20-24)28-25(21-13-5-1-6-14-21)26(22-15-7-2-8-16-22)31-27(28)23-17-9-3-10-18-23/h1-20,25-27H/t25-,26-,27-/m1/s1. The molecule has 0 saturated carbocycles. The van der Waals surface area contributed by atoms with E-state index in [0.29, 0.717) is 0 Å². The third-order valence-corrected chi connectivity index (χ3v) is 7.58. The quantitative estimate of drug-likeness (QED) is 0.388. The van der Waals surface area contributed by atoms with E-state index in [9.17, 15) is 8.42 Å². The third-order valence-electron chi connectivity index (χ3n) is 5.74. The molecule has 0 bridgehead atoms. The highest BCUT2D eigenvalue weighted by Gasteiger charge is 2.50. The summed E-state index contributed by atoms with van der Waals surface area (Å²) in [5, 5.41) is 0. The van der Waals surface area contributed by atoms with Gasteiger partial charge in [0.25, 0.3) is 0 Å². The van der Waals surface area contributed by atoms with E-state index in [-0.39, 0.29) is 4.90 Å². The number of sulfonamides is 1. The van der Waals surface area contributed by atoms with Crippen molar-refractivity contribution in [2.75, 3.05) is 0 Å². The molecule has 1 aliphatic rings. The van der Waals surface area contributed by atoms with Crippen molar-refractivity contribution in [3.8, 4) is 0 Å². The molecular weight excluding hydrogens is 418 g/mol. The van der Waals surface area contributed by atoms with Crippen molar-refractivity contribution in [2.24, 2.45) is 0 Å². The SMILES string of the molecule is O=S(=O)(c1ccccc1)N1[C@@H](c2ccccc2)O[C@H](c2ccccc2)[C@H]1c1ccccc1. The monoisotopic (exact) mass is 441 g/mol. The Morgan fingerprint density at radius 1 is 0.562 bits per heavy atom. The van der Waals surface area contributed by atoms with Gasteiger partial charge in [0, 0.05) is 0 Å². The second-order valence-corrected chi connectivity index (χ2v) is 9.58. The molecule has 160 valence electrons. The minimum absolute atomic E-state index is 0.249. The fourth-order valence-corrected chi connectivity index (χ4v) is 5.96. The molecule has 4 aromatic carbocycles. The maximum absolute atomic E-state index is 14.0. The van der Waals surface area contributed by atoms with Gasteiger partial charge in [0.05, 0.1) is 10.9 Å². The van der Waals surface area contributed by atoms with Crippen LogP contribution in [0.4, 0.5) is 0 Å². The molecule has 4 nitrogen and oxygen atoms in total. The van der Waals surface area contributed by atoms with Gasteiger partial charge in [-0.3, -0.25) is 0 Å². The van der Waals surface area contributed by atoms with E-state index in [0.717, 1.165) is 16.7 Å². The van der Waals surface area contributed by atoms with Crippen molar-refractivity contribution in [3.05, 3.63) is 138 Å². The van der Waals surface area contributed by atoms with Crippen molar-refractivity contribution in [3.63, 3.8) is 0 Å². The molecule has 1 heterocycles. The molecule has 5 heteroatoms.